The van der Waals surface area contributed by atoms with Crippen molar-refractivity contribution in [1.29, 1.82) is 0 Å². The lowest BCUT2D eigenvalue weighted by Crippen LogP contribution is -1.92. The van der Waals surface area contributed by atoms with Crippen LogP contribution in [0.5, 0.6) is 0 Å². The van der Waals surface area contributed by atoms with Crippen molar-refractivity contribution in [2.45, 2.75) is 31.6 Å². The van der Waals surface area contributed by atoms with Crippen LogP contribution >= 0.6 is 15.9 Å². The lowest BCUT2D eigenvalue weighted by atomic mass is 10.0. The van der Waals surface area contributed by atoms with Crippen molar-refractivity contribution in [2.24, 2.45) is 0 Å². The van der Waals surface area contributed by atoms with Crippen molar-refractivity contribution in [3.05, 3.63) is 28.4 Å². The highest BCUT2D eigenvalue weighted by Crippen LogP contribution is 2.41. The van der Waals surface area contributed by atoms with Gasteiger partial charge in [-0.2, -0.15) is 0 Å². The zero-order chi connectivity index (χ0) is 11.1. The Hall–Kier alpha value is -0.960. The molecule has 1 aliphatic carbocycles. The molecule has 1 heterocycles. The van der Waals surface area contributed by atoms with Crippen molar-refractivity contribution < 1.29 is 0 Å². The van der Waals surface area contributed by atoms with Crippen LogP contribution in [-0.2, 0) is 0 Å². The second kappa shape index (κ2) is 3.81. The summed E-state index contributed by atoms with van der Waals surface area (Å²) in [4.78, 5) is 3.52. The van der Waals surface area contributed by atoms with Gasteiger partial charge in [0.25, 0.3) is 0 Å². The minimum Gasteiger partial charge on any atom is -0.398 e. The zero-order valence-electron chi connectivity index (χ0n) is 9.09. The van der Waals surface area contributed by atoms with Crippen molar-refractivity contribution in [2.75, 3.05) is 5.73 Å². The zero-order valence-corrected chi connectivity index (χ0v) is 10.7. The maximum Gasteiger partial charge on any atom is 0.0488 e. The summed E-state index contributed by atoms with van der Waals surface area (Å²) >= 11 is 3.70. The second-order valence-electron chi connectivity index (χ2n) is 4.60. The molecule has 1 fully saturated rings. The molecular weight excluding hydrogens is 264 g/mol. The van der Waals surface area contributed by atoms with Crippen LogP contribution < -0.4 is 5.73 Å². The van der Waals surface area contributed by atoms with E-state index in [1.54, 1.807) is 0 Å². The van der Waals surface area contributed by atoms with E-state index in [4.69, 9.17) is 5.73 Å². The van der Waals surface area contributed by atoms with Crippen molar-refractivity contribution in [1.82, 2.24) is 4.98 Å². The molecule has 0 aliphatic heterocycles. The number of hydrogen-bond donors (Lipinski definition) is 2. The minimum atomic E-state index is 0.682. The number of fused-ring (bicyclic) bond motifs is 1. The number of nitrogens with one attached hydrogen (secondary N) is 1. The van der Waals surface area contributed by atoms with E-state index in [2.05, 4.69) is 27.0 Å². The molecule has 3 heteroatoms. The molecule has 2 nitrogen and oxygen atoms in total. The van der Waals surface area contributed by atoms with E-state index in [1.807, 2.05) is 12.1 Å². The maximum atomic E-state index is 6.02. The number of H-pyrrole nitrogens is 1. The Labute approximate surface area is 103 Å². The molecule has 1 aromatic carbocycles. The topological polar surface area (TPSA) is 41.8 Å². The van der Waals surface area contributed by atoms with Crippen LogP contribution in [0, 0.1) is 0 Å². The molecule has 1 aromatic heterocycles. The molecule has 1 saturated carbocycles. The Balaban J connectivity index is 2.19. The molecule has 3 rings (SSSR count). The Morgan fingerprint density at radius 2 is 2.00 bits per heavy atom. The molecule has 3 N–H and O–H groups in total. The monoisotopic (exact) mass is 278 g/mol. The van der Waals surface area contributed by atoms with Gasteiger partial charge in [0.05, 0.1) is 0 Å². The van der Waals surface area contributed by atoms with Gasteiger partial charge in [-0.1, -0.05) is 18.9 Å². The Morgan fingerprint density at radius 3 is 2.69 bits per heavy atom. The highest BCUT2D eigenvalue weighted by molar-refractivity contribution is 9.10. The Bertz CT molecular complexity index is 524. The van der Waals surface area contributed by atoms with Gasteiger partial charge in [0.15, 0.2) is 0 Å². The first kappa shape index (κ1) is 10.2. The highest BCUT2D eigenvalue weighted by atomic mass is 79.9. The molecule has 0 bridgehead atoms. The first-order chi connectivity index (χ1) is 7.77. The van der Waals surface area contributed by atoms with Gasteiger partial charge in [-0.15, -0.1) is 0 Å². The number of halogens is 1. The summed E-state index contributed by atoms with van der Waals surface area (Å²) in [5.74, 6) is 0.682. The molecule has 0 spiro atoms. The minimum absolute atomic E-state index is 0.682. The highest BCUT2D eigenvalue weighted by Gasteiger charge is 2.22. The molecular formula is C13H15BrN2. The predicted octanol–water partition coefficient (Wildman–Crippen LogP) is 4.17. The molecule has 0 saturated heterocycles. The van der Waals surface area contributed by atoms with Gasteiger partial charge in [-0.3, -0.25) is 0 Å². The molecule has 0 amide bonds. The molecule has 16 heavy (non-hydrogen) atoms. The standard InChI is InChI=1S/C13H15BrN2/c14-12-11-9(15)6-3-7-10(11)16-13(12)8-4-1-2-5-8/h3,6-8,16H,1-2,4-5,15H2. The van der Waals surface area contributed by atoms with Crippen LogP contribution in [0.2, 0.25) is 0 Å². The van der Waals surface area contributed by atoms with Crippen LogP contribution in [0.3, 0.4) is 0 Å². The molecule has 0 unspecified atom stereocenters. The Morgan fingerprint density at radius 1 is 1.25 bits per heavy atom. The van der Waals surface area contributed by atoms with Crippen molar-refractivity contribution in [3.63, 3.8) is 0 Å². The number of aromatic nitrogens is 1. The summed E-state index contributed by atoms with van der Waals surface area (Å²) in [7, 11) is 0. The maximum absolute atomic E-state index is 6.02. The normalized spacial score (nSPS) is 17.3. The fourth-order valence-electron chi connectivity index (χ4n) is 2.75. The molecule has 2 aromatic rings. The van der Waals surface area contributed by atoms with E-state index >= 15 is 0 Å². The lowest BCUT2D eigenvalue weighted by molar-refractivity contribution is 0.701. The quantitative estimate of drug-likeness (QED) is 0.756. The van der Waals surface area contributed by atoms with E-state index in [0.717, 1.165) is 16.6 Å². The summed E-state index contributed by atoms with van der Waals surface area (Å²) < 4.78 is 1.17. The lowest BCUT2D eigenvalue weighted by Gasteiger charge is -2.06. The van der Waals surface area contributed by atoms with Crippen LogP contribution in [0.15, 0.2) is 22.7 Å². The van der Waals surface area contributed by atoms with Crippen molar-refractivity contribution >= 4 is 32.5 Å². The van der Waals surface area contributed by atoms with E-state index in [1.165, 1.54) is 35.8 Å². The third-order valence-electron chi connectivity index (χ3n) is 3.59. The van der Waals surface area contributed by atoms with Gasteiger partial charge in [0, 0.05) is 32.7 Å². The fourth-order valence-corrected chi connectivity index (χ4v) is 3.62. The number of benzene rings is 1. The largest absolute Gasteiger partial charge is 0.398 e. The van der Waals surface area contributed by atoms with Crippen LogP contribution in [0.4, 0.5) is 5.69 Å². The first-order valence-corrected chi connectivity index (χ1v) is 6.62. The molecule has 1 aliphatic rings. The van der Waals surface area contributed by atoms with Crippen molar-refractivity contribution in [3.8, 4) is 0 Å². The van der Waals surface area contributed by atoms with E-state index in [9.17, 15) is 0 Å². The number of anilines is 1. The average molecular weight is 279 g/mol. The number of hydrogen-bond acceptors (Lipinski definition) is 1. The molecule has 0 radical (unpaired) electrons. The summed E-state index contributed by atoms with van der Waals surface area (Å²) in [5, 5.41) is 1.14. The average Bonchev–Trinajstić information content (AvgIpc) is 2.86. The van der Waals surface area contributed by atoms with Crippen LogP contribution in [-0.4, -0.2) is 4.98 Å². The molecule has 0 atom stereocenters. The third kappa shape index (κ3) is 1.46. The smallest absolute Gasteiger partial charge is 0.0488 e. The third-order valence-corrected chi connectivity index (χ3v) is 4.41. The summed E-state index contributed by atoms with van der Waals surface area (Å²) in [5.41, 5.74) is 9.36. The van der Waals surface area contributed by atoms with Gasteiger partial charge >= 0.3 is 0 Å². The Kier molecular flexibility index (Phi) is 2.43. The number of rotatable bonds is 1. The predicted molar refractivity (Wildman–Crippen MR) is 71.6 cm³/mol. The SMILES string of the molecule is Nc1cccc2[nH]c(C3CCCC3)c(Br)c12. The van der Waals surface area contributed by atoms with Gasteiger partial charge in [-0.25, -0.2) is 0 Å². The van der Waals surface area contributed by atoms with Gasteiger partial charge in [-0.05, 0) is 40.9 Å². The van der Waals surface area contributed by atoms with Gasteiger partial charge < -0.3 is 10.7 Å². The van der Waals surface area contributed by atoms with Gasteiger partial charge in [0.2, 0.25) is 0 Å². The van der Waals surface area contributed by atoms with Gasteiger partial charge in [0.1, 0.15) is 0 Å². The van der Waals surface area contributed by atoms with E-state index < -0.39 is 0 Å². The summed E-state index contributed by atoms with van der Waals surface area (Å²) in [6.45, 7) is 0. The fraction of sp³-hybridized carbons (Fsp3) is 0.385. The molecule has 84 valence electrons. The van der Waals surface area contributed by atoms with E-state index in [0.29, 0.717) is 5.92 Å². The number of nitrogens with two attached hydrogens (primary N) is 1. The summed E-state index contributed by atoms with van der Waals surface area (Å²) in [6, 6.07) is 6.05. The van der Waals surface area contributed by atoms with E-state index in [-0.39, 0.29) is 0 Å². The van der Waals surface area contributed by atoms with Crippen LogP contribution in [0.25, 0.3) is 10.9 Å². The first-order valence-electron chi connectivity index (χ1n) is 5.83. The number of nitrogen functional groups attached to an aromatic ring is 1. The number of aromatic amines is 1. The summed E-state index contributed by atoms with van der Waals surface area (Å²) in [6.07, 6.45) is 5.29. The second-order valence-corrected chi connectivity index (χ2v) is 5.40. The van der Waals surface area contributed by atoms with Crippen LogP contribution in [0.1, 0.15) is 37.3 Å².